The third kappa shape index (κ3) is 3.25. The number of aliphatic hydroxyl groups is 1. The van der Waals surface area contributed by atoms with Gasteiger partial charge in [0.25, 0.3) is 0 Å². The van der Waals surface area contributed by atoms with Crippen LogP contribution in [0.4, 0.5) is 0 Å². The van der Waals surface area contributed by atoms with Crippen LogP contribution in [0, 0.1) is 0 Å². The van der Waals surface area contributed by atoms with Gasteiger partial charge < -0.3 is 19.7 Å². The summed E-state index contributed by atoms with van der Waals surface area (Å²) in [5.41, 5.74) is 0. The Morgan fingerprint density at radius 1 is 1.43 bits per heavy atom. The highest BCUT2D eigenvalue weighted by atomic mass is 16.7. The second kappa shape index (κ2) is 4.25. The minimum absolute atomic E-state index is 0.0523. The van der Waals surface area contributed by atoms with E-state index in [0.717, 1.165) is 0 Å². The van der Waals surface area contributed by atoms with Crippen LogP contribution in [0.5, 0.6) is 0 Å². The number of carboxylic acid groups (broad SMARTS) is 1. The number of hydrogen-bond donors (Lipinski definition) is 2. The van der Waals surface area contributed by atoms with Crippen molar-refractivity contribution in [2.45, 2.75) is 44.7 Å². The van der Waals surface area contributed by atoms with Crippen molar-refractivity contribution in [2.75, 3.05) is 6.61 Å². The molecule has 14 heavy (non-hydrogen) atoms. The summed E-state index contributed by atoms with van der Waals surface area (Å²) < 4.78 is 10.8. The van der Waals surface area contributed by atoms with Crippen molar-refractivity contribution in [3.05, 3.63) is 0 Å². The molecule has 0 aromatic carbocycles. The van der Waals surface area contributed by atoms with E-state index in [1.807, 2.05) is 0 Å². The number of aliphatic hydroxyl groups excluding tert-OH is 1. The van der Waals surface area contributed by atoms with Crippen LogP contribution in [0.3, 0.4) is 0 Å². The fourth-order valence-electron chi connectivity index (χ4n) is 1.65. The molecule has 5 nitrogen and oxygen atoms in total. The Morgan fingerprint density at radius 2 is 2.00 bits per heavy atom. The molecule has 1 aliphatic heterocycles. The maximum Gasteiger partial charge on any atom is 0.305 e. The second-order valence-corrected chi connectivity index (χ2v) is 3.90. The highest BCUT2D eigenvalue weighted by Crippen LogP contribution is 2.27. The summed E-state index contributed by atoms with van der Waals surface area (Å²) >= 11 is 0. The van der Waals surface area contributed by atoms with E-state index in [0.29, 0.717) is 6.42 Å². The predicted molar refractivity (Wildman–Crippen MR) is 47.8 cm³/mol. The van der Waals surface area contributed by atoms with Crippen molar-refractivity contribution in [3.8, 4) is 0 Å². The molecule has 0 unspecified atom stereocenters. The van der Waals surface area contributed by atoms with Gasteiger partial charge in [-0.3, -0.25) is 4.79 Å². The van der Waals surface area contributed by atoms with Crippen LogP contribution in [0.25, 0.3) is 0 Å². The molecule has 0 aliphatic carbocycles. The molecule has 82 valence electrons. The molecule has 2 N–H and O–H groups in total. The Hall–Kier alpha value is -0.650. The highest BCUT2D eigenvalue weighted by Gasteiger charge is 2.35. The van der Waals surface area contributed by atoms with E-state index < -0.39 is 11.8 Å². The lowest BCUT2D eigenvalue weighted by atomic mass is 10.1. The molecule has 0 bridgehead atoms. The van der Waals surface area contributed by atoms with Crippen LogP contribution >= 0.6 is 0 Å². The van der Waals surface area contributed by atoms with Crippen LogP contribution in [-0.4, -0.2) is 40.8 Å². The smallest absolute Gasteiger partial charge is 0.305 e. The molecule has 2 atom stereocenters. The van der Waals surface area contributed by atoms with Gasteiger partial charge in [-0.25, -0.2) is 0 Å². The molecule has 1 rings (SSSR count). The van der Waals surface area contributed by atoms with Gasteiger partial charge in [0.1, 0.15) is 0 Å². The predicted octanol–water partition coefficient (Wildman–Crippen LogP) is 0.364. The third-order valence-corrected chi connectivity index (χ3v) is 2.03. The lowest BCUT2D eigenvalue weighted by Crippen LogP contribution is -2.46. The topological polar surface area (TPSA) is 76.0 Å². The number of ether oxygens (including phenoxy) is 2. The van der Waals surface area contributed by atoms with E-state index in [9.17, 15) is 4.79 Å². The number of hydrogen-bond acceptors (Lipinski definition) is 4. The lowest BCUT2D eigenvalue weighted by Gasteiger charge is -2.39. The van der Waals surface area contributed by atoms with E-state index in [4.69, 9.17) is 19.7 Å². The maximum atomic E-state index is 10.5. The molecular formula is C9H16O5. The maximum absolute atomic E-state index is 10.5. The van der Waals surface area contributed by atoms with Gasteiger partial charge in [-0.2, -0.15) is 0 Å². The van der Waals surface area contributed by atoms with Gasteiger partial charge in [0.15, 0.2) is 5.79 Å². The van der Waals surface area contributed by atoms with E-state index in [-0.39, 0.29) is 25.2 Å². The normalized spacial score (nSPS) is 31.4. The number of rotatable bonds is 3. The Balaban J connectivity index is 2.56. The van der Waals surface area contributed by atoms with Gasteiger partial charge in [-0.1, -0.05) is 0 Å². The first-order valence-electron chi connectivity index (χ1n) is 4.61. The summed E-state index contributed by atoms with van der Waals surface area (Å²) in [5.74, 6) is -1.71. The first-order valence-corrected chi connectivity index (χ1v) is 4.61. The van der Waals surface area contributed by atoms with Gasteiger partial charge in [-0.15, -0.1) is 0 Å². The first kappa shape index (κ1) is 11.4. The van der Waals surface area contributed by atoms with E-state index in [1.54, 1.807) is 13.8 Å². The quantitative estimate of drug-likeness (QED) is 0.694. The largest absolute Gasteiger partial charge is 0.481 e. The van der Waals surface area contributed by atoms with Crippen LogP contribution < -0.4 is 0 Å². The molecule has 1 heterocycles. The summed E-state index contributed by atoms with van der Waals surface area (Å²) in [6.45, 7) is 3.32. The van der Waals surface area contributed by atoms with Gasteiger partial charge in [0, 0.05) is 6.42 Å². The van der Waals surface area contributed by atoms with Crippen LogP contribution in [0.15, 0.2) is 0 Å². The zero-order valence-electron chi connectivity index (χ0n) is 8.40. The average molecular weight is 204 g/mol. The Kier molecular flexibility index (Phi) is 3.47. The third-order valence-electron chi connectivity index (χ3n) is 2.03. The fourth-order valence-corrected chi connectivity index (χ4v) is 1.65. The number of aliphatic carboxylic acids is 1. The van der Waals surface area contributed by atoms with Crippen LogP contribution in [0.2, 0.25) is 0 Å². The van der Waals surface area contributed by atoms with E-state index in [2.05, 4.69) is 0 Å². The van der Waals surface area contributed by atoms with Crippen molar-refractivity contribution in [2.24, 2.45) is 0 Å². The van der Waals surface area contributed by atoms with Crippen molar-refractivity contribution < 1.29 is 24.5 Å². The SMILES string of the molecule is CC1(C)O[C@H](CO)C[C@H](CC(=O)O)O1. The summed E-state index contributed by atoms with van der Waals surface area (Å²) in [6.07, 6.45) is -0.341. The monoisotopic (exact) mass is 204 g/mol. The molecule has 1 fully saturated rings. The van der Waals surface area contributed by atoms with Gasteiger partial charge >= 0.3 is 5.97 Å². The number of carboxylic acids is 1. The Bertz CT molecular complexity index is 213. The van der Waals surface area contributed by atoms with Crippen molar-refractivity contribution in [3.63, 3.8) is 0 Å². The zero-order chi connectivity index (χ0) is 10.8. The zero-order valence-corrected chi connectivity index (χ0v) is 8.40. The van der Waals surface area contributed by atoms with Gasteiger partial charge in [-0.05, 0) is 13.8 Å². The standard InChI is InChI=1S/C9H16O5/c1-9(2)13-6(4-8(11)12)3-7(5-10)14-9/h6-7,10H,3-5H2,1-2H3,(H,11,12)/t6-,7+/m1/s1. The van der Waals surface area contributed by atoms with Crippen molar-refractivity contribution in [1.29, 1.82) is 0 Å². The average Bonchev–Trinajstić information content (AvgIpc) is 1.99. The highest BCUT2D eigenvalue weighted by molar-refractivity contribution is 5.67. The van der Waals surface area contributed by atoms with E-state index in [1.165, 1.54) is 0 Å². The minimum Gasteiger partial charge on any atom is -0.481 e. The molecular weight excluding hydrogens is 188 g/mol. The lowest BCUT2D eigenvalue weighted by molar-refractivity contribution is -0.303. The summed E-state index contributed by atoms with van der Waals surface area (Å²) in [7, 11) is 0. The first-order chi connectivity index (χ1) is 6.43. The summed E-state index contributed by atoms with van der Waals surface area (Å²) in [6, 6.07) is 0. The molecule has 0 saturated carbocycles. The molecule has 5 heteroatoms. The molecule has 0 amide bonds. The van der Waals surface area contributed by atoms with Gasteiger partial charge in [0.2, 0.25) is 0 Å². The molecule has 1 aliphatic rings. The molecule has 1 saturated heterocycles. The van der Waals surface area contributed by atoms with E-state index >= 15 is 0 Å². The van der Waals surface area contributed by atoms with Crippen molar-refractivity contribution >= 4 is 5.97 Å². The van der Waals surface area contributed by atoms with Crippen LogP contribution in [-0.2, 0) is 14.3 Å². The van der Waals surface area contributed by atoms with Crippen LogP contribution in [0.1, 0.15) is 26.7 Å². The molecule has 0 spiro atoms. The van der Waals surface area contributed by atoms with Crippen molar-refractivity contribution in [1.82, 2.24) is 0 Å². The Labute approximate surface area is 82.6 Å². The minimum atomic E-state index is -0.899. The molecule has 0 aromatic rings. The Morgan fingerprint density at radius 3 is 2.50 bits per heavy atom. The second-order valence-electron chi connectivity index (χ2n) is 3.90. The fraction of sp³-hybridized carbons (Fsp3) is 0.889. The number of carbonyl (C=O) groups is 1. The summed E-state index contributed by atoms with van der Waals surface area (Å²) in [4.78, 5) is 10.5. The molecule has 0 radical (unpaired) electrons. The summed E-state index contributed by atoms with van der Waals surface area (Å²) in [5, 5.41) is 17.6. The molecule has 0 aromatic heterocycles. The van der Waals surface area contributed by atoms with Gasteiger partial charge in [0.05, 0.1) is 25.2 Å².